The van der Waals surface area contributed by atoms with Crippen LogP contribution in [0.2, 0.25) is 0 Å². The zero-order valence-corrected chi connectivity index (χ0v) is 13.4. The van der Waals surface area contributed by atoms with Crippen molar-refractivity contribution in [2.45, 2.75) is 32.4 Å². The topological polar surface area (TPSA) is 104 Å². The first-order valence-corrected chi connectivity index (χ1v) is 7.33. The Balaban J connectivity index is 2.02. The summed E-state index contributed by atoms with van der Waals surface area (Å²) in [6, 6.07) is 6.87. The van der Waals surface area contributed by atoms with Gasteiger partial charge in [0.05, 0.1) is 5.52 Å². The first-order chi connectivity index (χ1) is 10.7. The average Bonchev–Trinajstić information content (AvgIpc) is 2.83. The van der Waals surface area contributed by atoms with E-state index in [2.05, 4.69) is 15.0 Å². The molecule has 126 valence electrons. The van der Waals surface area contributed by atoms with Crippen LogP contribution in [0.15, 0.2) is 24.3 Å². The molecule has 23 heavy (non-hydrogen) atoms. The minimum absolute atomic E-state index is 0.0787. The monoisotopic (exact) mass is 322 g/mol. The van der Waals surface area contributed by atoms with E-state index >= 15 is 0 Å². The molecule has 2 rings (SSSR count). The van der Waals surface area contributed by atoms with Crippen molar-refractivity contribution in [3.8, 4) is 11.6 Å². The number of nitrogens with one attached hydrogen (secondary N) is 2. The molecule has 1 aromatic heterocycles. The quantitative estimate of drug-likeness (QED) is 0.609. The largest absolute Gasteiger partial charge is 0.512 e. The lowest BCUT2D eigenvalue weighted by Gasteiger charge is -2.23. The lowest BCUT2D eigenvalue weighted by molar-refractivity contribution is 0.101. The maximum atomic E-state index is 10.6. The lowest BCUT2D eigenvalue weighted by Crippen LogP contribution is -2.42. The average molecular weight is 322 g/mol. The van der Waals surface area contributed by atoms with Crippen LogP contribution in [-0.2, 0) is 0 Å². The fraction of sp³-hybridized carbons (Fsp3) is 0.438. The molecule has 1 heterocycles. The van der Waals surface area contributed by atoms with Gasteiger partial charge in [0.1, 0.15) is 18.5 Å². The first-order valence-electron chi connectivity index (χ1n) is 7.33. The van der Waals surface area contributed by atoms with Gasteiger partial charge in [0.25, 0.3) is 0 Å². The number of carbonyl (C=O) groups is 1. The highest BCUT2D eigenvalue weighted by molar-refractivity contribution is 5.88. The third-order valence-corrected chi connectivity index (χ3v) is 3.10. The summed E-state index contributed by atoms with van der Waals surface area (Å²) >= 11 is 0. The molecule has 0 spiro atoms. The second-order valence-corrected chi connectivity index (χ2v) is 6.31. The molecule has 0 amide bonds. The molecule has 0 aliphatic carbocycles. The van der Waals surface area contributed by atoms with Crippen molar-refractivity contribution in [1.82, 2.24) is 10.3 Å². The van der Waals surface area contributed by atoms with Gasteiger partial charge < -0.3 is 30.0 Å². The summed E-state index contributed by atoms with van der Waals surface area (Å²) in [4.78, 5) is 13.4. The summed E-state index contributed by atoms with van der Waals surface area (Å²) in [7, 11) is 0. The molecule has 0 saturated heterocycles. The molecule has 7 heteroatoms. The Hall–Kier alpha value is -2.25. The van der Waals surface area contributed by atoms with Crippen molar-refractivity contribution in [1.29, 1.82) is 0 Å². The van der Waals surface area contributed by atoms with E-state index in [-0.39, 0.29) is 18.0 Å². The predicted molar refractivity (Wildman–Crippen MR) is 86.2 cm³/mol. The number of fused-ring (bicyclic) bond motifs is 1. The number of aromatic amines is 1. The first kappa shape index (κ1) is 17.1. The molecule has 4 N–H and O–H groups in total. The number of H-pyrrole nitrogens is 1. The van der Waals surface area contributed by atoms with Crippen LogP contribution in [0.3, 0.4) is 0 Å². The molecule has 1 atom stereocenters. The number of aliphatic hydroxyl groups is 1. The van der Waals surface area contributed by atoms with Gasteiger partial charge in [-0.05, 0) is 32.9 Å². The van der Waals surface area contributed by atoms with Crippen LogP contribution >= 0.6 is 0 Å². The van der Waals surface area contributed by atoms with E-state index < -0.39 is 12.3 Å². The predicted octanol–water partition coefficient (Wildman–Crippen LogP) is 2.35. The third-order valence-electron chi connectivity index (χ3n) is 3.10. The molecular formula is C16H22N2O5. The molecule has 0 aliphatic heterocycles. The molecule has 1 unspecified atom stereocenters. The highest BCUT2D eigenvalue weighted by Gasteiger charge is 2.14. The second-order valence-electron chi connectivity index (χ2n) is 6.31. The summed E-state index contributed by atoms with van der Waals surface area (Å²) in [5, 5.41) is 22.5. The van der Waals surface area contributed by atoms with Crippen molar-refractivity contribution >= 4 is 17.1 Å². The molecule has 0 radical (unpaired) electrons. The van der Waals surface area contributed by atoms with Gasteiger partial charge in [-0.2, -0.15) is 0 Å². The fourth-order valence-electron chi connectivity index (χ4n) is 2.05. The number of ether oxygens (including phenoxy) is 2. The van der Waals surface area contributed by atoms with Crippen molar-refractivity contribution in [3.63, 3.8) is 0 Å². The molecule has 0 fully saturated rings. The lowest BCUT2D eigenvalue weighted by atomic mass is 10.1. The zero-order valence-electron chi connectivity index (χ0n) is 13.4. The Morgan fingerprint density at radius 3 is 2.78 bits per heavy atom. The summed E-state index contributed by atoms with van der Waals surface area (Å²) < 4.78 is 10.3. The summed E-state index contributed by atoms with van der Waals surface area (Å²) in [6.07, 6.45) is -2.04. The Morgan fingerprint density at radius 2 is 2.13 bits per heavy atom. The smallest absolute Gasteiger partial charge is 0.490 e. The Morgan fingerprint density at radius 1 is 1.39 bits per heavy atom. The van der Waals surface area contributed by atoms with Crippen LogP contribution in [0.25, 0.3) is 10.9 Å². The van der Waals surface area contributed by atoms with Gasteiger partial charge in [0.2, 0.25) is 5.88 Å². The molecule has 0 bridgehead atoms. The van der Waals surface area contributed by atoms with E-state index in [9.17, 15) is 9.90 Å². The van der Waals surface area contributed by atoms with Crippen LogP contribution in [0.1, 0.15) is 20.8 Å². The van der Waals surface area contributed by atoms with Crippen molar-refractivity contribution in [2.24, 2.45) is 0 Å². The number of rotatable bonds is 6. The number of hydrogen-bond acceptors (Lipinski definition) is 5. The highest BCUT2D eigenvalue weighted by atomic mass is 16.7. The molecular weight excluding hydrogens is 300 g/mol. The summed E-state index contributed by atoms with van der Waals surface area (Å²) in [5.74, 6) is 0.673. The van der Waals surface area contributed by atoms with Gasteiger partial charge in [-0.3, -0.25) is 0 Å². The van der Waals surface area contributed by atoms with Crippen LogP contribution in [0, 0.1) is 0 Å². The number of hydrogen-bond donors (Lipinski definition) is 4. The van der Waals surface area contributed by atoms with Gasteiger partial charge in [0.15, 0.2) is 0 Å². The molecule has 0 saturated carbocycles. The summed E-state index contributed by atoms with van der Waals surface area (Å²) in [5.41, 5.74) is 0.617. The van der Waals surface area contributed by atoms with E-state index in [0.717, 1.165) is 0 Å². The number of aliphatic hydroxyl groups excluding tert-OH is 1. The van der Waals surface area contributed by atoms with Crippen LogP contribution in [0.5, 0.6) is 11.6 Å². The van der Waals surface area contributed by atoms with Crippen LogP contribution in [0.4, 0.5) is 4.79 Å². The van der Waals surface area contributed by atoms with E-state index in [1.54, 1.807) is 24.3 Å². The van der Waals surface area contributed by atoms with E-state index in [0.29, 0.717) is 23.2 Å². The maximum Gasteiger partial charge on any atom is 0.512 e. The van der Waals surface area contributed by atoms with E-state index in [1.165, 1.54) is 0 Å². The molecule has 1 aromatic carbocycles. The van der Waals surface area contributed by atoms with Gasteiger partial charge in [0, 0.05) is 23.5 Å². The normalized spacial score (nSPS) is 13.0. The van der Waals surface area contributed by atoms with Crippen LogP contribution in [-0.4, -0.2) is 46.1 Å². The van der Waals surface area contributed by atoms with Crippen molar-refractivity contribution in [2.75, 3.05) is 13.2 Å². The Labute approximate surface area is 134 Å². The number of aromatic nitrogens is 1. The third kappa shape index (κ3) is 5.15. The summed E-state index contributed by atoms with van der Waals surface area (Å²) in [6.45, 7) is 6.60. The van der Waals surface area contributed by atoms with Crippen molar-refractivity contribution in [3.05, 3.63) is 24.3 Å². The van der Waals surface area contributed by atoms with E-state index in [1.807, 2.05) is 20.8 Å². The Kier molecular flexibility index (Phi) is 5.12. The highest BCUT2D eigenvalue weighted by Crippen LogP contribution is 2.29. The molecule has 0 aliphatic rings. The minimum Gasteiger partial charge on any atom is -0.490 e. The van der Waals surface area contributed by atoms with Gasteiger partial charge in [-0.15, -0.1) is 0 Å². The Bertz CT molecular complexity index is 675. The van der Waals surface area contributed by atoms with Gasteiger partial charge in [-0.1, -0.05) is 6.07 Å². The number of carboxylic acid groups (broad SMARTS) is 1. The number of β-amino-alcohol motifs (C(OH)–C–C–N with tert-alkyl or cyclic N) is 1. The standard InChI is InChI=1S/C16H22N2O5/c1-16(2,3)17-8-10(19)9-22-13-6-4-5-12-11(13)7-14(18-12)23-15(20)21/h4-7,10,17-19H,8-9H2,1-3H3,(H,20,21). The number of benzene rings is 1. The zero-order chi connectivity index (χ0) is 17.0. The van der Waals surface area contributed by atoms with Gasteiger partial charge in [-0.25, -0.2) is 4.79 Å². The van der Waals surface area contributed by atoms with Gasteiger partial charge >= 0.3 is 6.16 Å². The maximum absolute atomic E-state index is 10.6. The van der Waals surface area contributed by atoms with Crippen molar-refractivity contribution < 1.29 is 24.5 Å². The molecule has 7 nitrogen and oxygen atoms in total. The second kappa shape index (κ2) is 6.89. The van der Waals surface area contributed by atoms with Crippen LogP contribution < -0.4 is 14.8 Å². The van der Waals surface area contributed by atoms with E-state index in [4.69, 9.17) is 9.84 Å². The molecule has 2 aromatic rings. The fourth-order valence-corrected chi connectivity index (χ4v) is 2.05. The minimum atomic E-state index is -1.39. The SMILES string of the molecule is CC(C)(C)NCC(O)COc1cccc2[nH]c(OC(=O)O)cc12.